The lowest BCUT2D eigenvalue weighted by Gasteiger charge is -2.32. The number of ether oxygens (including phenoxy) is 1. The molecule has 1 aliphatic rings. The minimum atomic E-state index is -4.77. The maximum Gasteiger partial charge on any atom is 0.522 e. The van der Waals surface area contributed by atoms with Gasteiger partial charge in [0.2, 0.25) is 5.91 Å². The van der Waals surface area contributed by atoms with E-state index in [2.05, 4.69) is 4.74 Å². The molecular formula is C32H30F5N3O3. The number of piperidine rings is 1. The van der Waals surface area contributed by atoms with Crippen LogP contribution in [0.25, 0.3) is 22.0 Å². The number of amides is 2. The highest BCUT2D eigenvalue weighted by atomic mass is 19.4. The van der Waals surface area contributed by atoms with Crippen LogP contribution in [0.15, 0.2) is 72.9 Å². The number of hydrogen-bond donors (Lipinski definition) is 0. The number of carbonyl (C=O) groups excluding carboxylic acids is 2. The summed E-state index contributed by atoms with van der Waals surface area (Å²) < 4.78 is 72.3. The summed E-state index contributed by atoms with van der Waals surface area (Å²) in [4.78, 5) is 26.9. The van der Waals surface area contributed by atoms with Gasteiger partial charge in [-0.2, -0.15) is 5.12 Å². The number of alkyl halides is 3. The molecule has 5 rings (SSSR count). The number of fused-ring (bicyclic) bond motifs is 1. The summed E-state index contributed by atoms with van der Waals surface area (Å²) in [5.41, 5.74) is 3.48. The van der Waals surface area contributed by atoms with Gasteiger partial charge in [-0.3, -0.25) is 14.3 Å². The fourth-order valence-electron chi connectivity index (χ4n) is 5.66. The summed E-state index contributed by atoms with van der Waals surface area (Å²) in [6.07, 6.45) is -2.27. The van der Waals surface area contributed by atoms with E-state index in [4.69, 9.17) is 0 Å². The van der Waals surface area contributed by atoms with Crippen molar-refractivity contribution in [2.24, 2.45) is 0 Å². The van der Waals surface area contributed by atoms with Crippen LogP contribution in [0.3, 0.4) is 0 Å². The van der Waals surface area contributed by atoms with Gasteiger partial charge in [0, 0.05) is 43.7 Å². The maximum atomic E-state index is 14.8. The van der Waals surface area contributed by atoms with Gasteiger partial charge in [0.1, 0.15) is 5.82 Å². The molecule has 6 nitrogen and oxygen atoms in total. The van der Waals surface area contributed by atoms with Crippen LogP contribution in [0.1, 0.15) is 47.2 Å². The predicted octanol–water partition coefficient (Wildman–Crippen LogP) is 7.24. The predicted molar refractivity (Wildman–Crippen MR) is 151 cm³/mol. The Hall–Kier alpha value is -4.25. The summed E-state index contributed by atoms with van der Waals surface area (Å²) in [6, 6.07) is 19.1. The molecule has 3 aromatic carbocycles. The van der Waals surface area contributed by atoms with Crippen molar-refractivity contribution in [3.05, 3.63) is 95.4 Å². The third-order valence-corrected chi connectivity index (χ3v) is 7.76. The number of benzene rings is 3. The molecule has 0 bridgehead atoms. The maximum absolute atomic E-state index is 14.8. The van der Waals surface area contributed by atoms with Gasteiger partial charge in [-0.1, -0.05) is 59.1 Å². The van der Waals surface area contributed by atoms with Crippen LogP contribution in [0.2, 0.25) is 0 Å². The number of aromatic nitrogens is 1. The first-order valence-electron chi connectivity index (χ1n) is 13.9. The van der Waals surface area contributed by atoms with E-state index in [0.717, 1.165) is 18.1 Å². The van der Waals surface area contributed by atoms with E-state index in [1.165, 1.54) is 12.1 Å². The zero-order valence-corrected chi connectivity index (χ0v) is 23.4. The first-order chi connectivity index (χ1) is 20.5. The molecule has 2 heterocycles. The molecule has 226 valence electrons. The average Bonchev–Trinajstić information content (AvgIpc) is 3.36. The highest BCUT2D eigenvalue weighted by Gasteiger charge is 2.31. The second-order valence-electron chi connectivity index (χ2n) is 10.6. The number of likely N-dealkylation sites (tertiary alicyclic amines) is 1. The second kappa shape index (κ2) is 12.5. The molecule has 11 heteroatoms. The Morgan fingerprint density at radius 3 is 2.40 bits per heavy atom. The first-order valence-corrected chi connectivity index (χ1v) is 13.9. The van der Waals surface area contributed by atoms with E-state index in [0.29, 0.717) is 53.5 Å². The molecule has 2 amide bonds. The highest BCUT2D eigenvalue weighted by Crippen LogP contribution is 2.36. The van der Waals surface area contributed by atoms with E-state index in [9.17, 15) is 31.6 Å². The van der Waals surface area contributed by atoms with Gasteiger partial charge in [-0.15, -0.1) is 13.2 Å². The van der Waals surface area contributed by atoms with Gasteiger partial charge in [0.25, 0.3) is 5.91 Å². The van der Waals surface area contributed by atoms with Crippen molar-refractivity contribution in [1.82, 2.24) is 14.6 Å². The van der Waals surface area contributed by atoms with Crippen LogP contribution in [0.5, 0.6) is 0 Å². The minimum Gasteiger partial charge on any atom is -0.344 e. The van der Waals surface area contributed by atoms with E-state index in [-0.39, 0.29) is 30.0 Å². The third-order valence-electron chi connectivity index (χ3n) is 7.76. The Labute approximate surface area is 245 Å². The van der Waals surface area contributed by atoms with Crippen molar-refractivity contribution in [1.29, 1.82) is 0 Å². The zero-order valence-electron chi connectivity index (χ0n) is 23.4. The molecule has 1 aromatic heterocycles. The molecule has 43 heavy (non-hydrogen) atoms. The van der Waals surface area contributed by atoms with Gasteiger partial charge in [-0.05, 0) is 53.1 Å². The second-order valence-corrected chi connectivity index (χ2v) is 10.6. The van der Waals surface area contributed by atoms with E-state index in [1.807, 2.05) is 36.4 Å². The molecule has 4 aromatic rings. The number of halogens is 5. The minimum absolute atomic E-state index is 0.0632. The number of carbonyl (C=O) groups is 2. The van der Waals surface area contributed by atoms with E-state index in [1.54, 1.807) is 33.9 Å². The standard InChI is InChI=1S/C32H30F5N3O3/c1-21(41)40(37)19-22-10-11-28(33)26(18-22)24-12-14-38(15-13-24)31(42)27-20-39(16-17-43-32(34,35)36)29-9-5-8-25(30(27)29)23-6-3-2-4-7-23/h2-11,18,20,24H,12-17,19H2,1H3. The third kappa shape index (κ3) is 6.88. The molecule has 0 atom stereocenters. The average molecular weight is 600 g/mol. The molecule has 1 saturated heterocycles. The van der Waals surface area contributed by atoms with Crippen molar-refractivity contribution >= 4 is 22.7 Å². The molecule has 1 fully saturated rings. The molecule has 0 radical (unpaired) electrons. The number of hydrogen-bond acceptors (Lipinski definition) is 3. The lowest BCUT2D eigenvalue weighted by atomic mass is 9.87. The molecule has 0 saturated carbocycles. The number of rotatable bonds is 8. The monoisotopic (exact) mass is 599 g/mol. The lowest BCUT2D eigenvalue weighted by molar-refractivity contribution is -0.325. The van der Waals surface area contributed by atoms with Crippen LogP contribution in [0.4, 0.5) is 22.0 Å². The van der Waals surface area contributed by atoms with Gasteiger partial charge in [0.05, 0.1) is 18.7 Å². The van der Waals surface area contributed by atoms with Crippen LogP contribution in [-0.4, -0.2) is 52.5 Å². The summed E-state index contributed by atoms with van der Waals surface area (Å²) in [5, 5.41) is 0.695. The van der Waals surface area contributed by atoms with Gasteiger partial charge in [0.15, 0.2) is 0 Å². The quantitative estimate of drug-likeness (QED) is 0.159. The Kier molecular flexibility index (Phi) is 8.82. The fraction of sp³-hybridized carbons (Fsp3) is 0.312. The summed E-state index contributed by atoms with van der Waals surface area (Å²) in [5.74, 6) is -1.66. The lowest BCUT2D eigenvalue weighted by Crippen LogP contribution is -2.38. The Balaban J connectivity index is 1.40. The van der Waals surface area contributed by atoms with Gasteiger partial charge >= 0.3 is 6.36 Å². The summed E-state index contributed by atoms with van der Waals surface area (Å²) in [7, 11) is 0. The van der Waals surface area contributed by atoms with Crippen LogP contribution in [0, 0.1) is 5.82 Å². The van der Waals surface area contributed by atoms with Crippen molar-refractivity contribution in [2.45, 2.75) is 45.1 Å². The fourth-order valence-corrected chi connectivity index (χ4v) is 5.66. The smallest absolute Gasteiger partial charge is 0.344 e. The normalized spacial score (nSPS) is 14.3. The Morgan fingerprint density at radius 1 is 1.00 bits per heavy atom. The molecule has 0 unspecified atom stereocenters. The number of nitrogens with zero attached hydrogens (tertiary/aromatic N) is 3. The van der Waals surface area contributed by atoms with Crippen molar-refractivity contribution in [3.8, 4) is 11.1 Å². The van der Waals surface area contributed by atoms with Crippen LogP contribution < -0.4 is 0 Å². The van der Waals surface area contributed by atoms with Gasteiger partial charge in [-0.25, -0.2) is 4.39 Å². The molecule has 0 aliphatic carbocycles. The van der Waals surface area contributed by atoms with Crippen molar-refractivity contribution < 1.29 is 36.4 Å². The Bertz CT molecular complexity index is 1610. The van der Waals surface area contributed by atoms with E-state index >= 15 is 0 Å². The van der Waals surface area contributed by atoms with Gasteiger partial charge < -0.3 is 9.47 Å². The SMILES string of the molecule is CC(=O)N(F)Cc1ccc(F)c(C2CCN(C(=O)c3cn(CCOC(F)(F)F)c4cccc(-c5ccccc5)c34)CC2)c1. The first kappa shape index (κ1) is 30.2. The van der Waals surface area contributed by atoms with Crippen molar-refractivity contribution in [2.75, 3.05) is 19.7 Å². The molecule has 0 spiro atoms. The topological polar surface area (TPSA) is 54.8 Å². The Morgan fingerprint density at radius 2 is 1.72 bits per heavy atom. The summed E-state index contributed by atoms with van der Waals surface area (Å²) in [6.45, 7) is 0.744. The zero-order chi connectivity index (χ0) is 30.7. The largest absolute Gasteiger partial charge is 0.522 e. The molecule has 1 aliphatic heterocycles. The molecule has 0 N–H and O–H groups in total. The van der Waals surface area contributed by atoms with E-state index < -0.39 is 24.7 Å². The highest BCUT2D eigenvalue weighted by molar-refractivity contribution is 6.12. The molecular weight excluding hydrogens is 569 g/mol. The van der Waals surface area contributed by atoms with Crippen LogP contribution >= 0.6 is 0 Å². The van der Waals surface area contributed by atoms with Crippen molar-refractivity contribution in [3.63, 3.8) is 0 Å². The van der Waals surface area contributed by atoms with Crippen LogP contribution in [-0.2, 0) is 22.6 Å². The summed E-state index contributed by atoms with van der Waals surface area (Å²) >= 11 is 0.